The summed E-state index contributed by atoms with van der Waals surface area (Å²) in [5, 5.41) is 1.71. The third-order valence-electron chi connectivity index (χ3n) is 2.64. The van der Waals surface area contributed by atoms with E-state index in [0.29, 0.717) is 5.33 Å². The Kier molecular flexibility index (Phi) is 7.07. The highest BCUT2D eigenvalue weighted by atomic mass is 79.9. The molecule has 0 aromatic heterocycles. The van der Waals surface area contributed by atoms with Gasteiger partial charge in [-0.15, -0.1) is 0 Å². The Morgan fingerprint density at radius 1 is 1.00 bits per heavy atom. The second-order valence-electron chi connectivity index (χ2n) is 6.25. The van der Waals surface area contributed by atoms with E-state index >= 15 is 0 Å². The Balaban J connectivity index is 3.27. The van der Waals surface area contributed by atoms with Crippen molar-refractivity contribution >= 4 is 29.9 Å². The highest BCUT2D eigenvalue weighted by Crippen LogP contribution is 2.24. The number of alkyl halides is 1. The fourth-order valence-corrected chi connectivity index (χ4v) is 5.43. The molecule has 1 aromatic rings. The fourth-order valence-electron chi connectivity index (χ4n) is 1.92. The van der Waals surface area contributed by atoms with Crippen molar-refractivity contribution in [2.24, 2.45) is 0 Å². The largest absolute Gasteiger partial charge is 0.538 e. The SMILES string of the molecule is CC(C)O[Si](OC(C)C)(OC(C)(C)CBr)c1ccccc1. The first-order chi connectivity index (χ1) is 9.71. The maximum absolute atomic E-state index is 6.43. The van der Waals surface area contributed by atoms with E-state index in [1.807, 2.05) is 71.9 Å². The lowest BCUT2D eigenvalue weighted by atomic mass is 10.2. The van der Waals surface area contributed by atoms with Gasteiger partial charge in [0.05, 0.1) is 5.60 Å². The summed E-state index contributed by atoms with van der Waals surface area (Å²) in [5.41, 5.74) is -0.369. The van der Waals surface area contributed by atoms with Gasteiger partial charge in [0.15, 0.2) is 0 Å². The molecule has 0 saturated carbocycles. The Bertz CT molecular complexity index is 411. The van der Waals surface area contributed by atoms with Gasteiger partial charge in [0.25, 0.3) is 0 Å². The molecule has 21 heavy (non-hydrogen) atoms. The lowest BCUT2D eigenvalue weighted by Gasteiger charge is -2.38. The summed E-state index contributed by atoms with van der Waals surface area (Å²) in [6.07, 6.45) is 0.0588. The van der Waals surface area contributed by atoms with E-state index in [1.54, 1.807) is 0 Å². The second-order valence-corrected chi connectivity index (χ2v) is 9.18. The van der Waals surface area contributed by atoms with Crippen LogP contribution in [-0.2, 0) is 13.3 Å². The van der Waals surface area contributed by atoms with Crippen LogP contribution in [0.4, 0.5) is 0 Å². The molecule has 0 amide bonds. The molecule has 0 saturated heterocycles. The Morgan fingerprint density at radius 2 is 1.48 bits per heavy atom. The number of benzene rings is 1. The van der Waals surface area contributed by atoms with Crippen LogP contribution in [0.3, 0.4) is 0 Å². The molecule has 5 heteroatoms. The van der Waals surface area contributed by atoms with Crippen molar-refractivity contribution < 1.29 is 13.3 Å². The normalized spacial score (nSPS) is 13.2. The Hall–Kier alpha value is -0.203. The highest BCUT2D eigenvalue weighted by Gasteiger charge is 2.49. The van der Waals surface area contributed by atoms with E-state index in [4.69, 9.17) is 13.3 Å². The zero-order valence-electron chi connectivity index (χ0n) is 13.9. The van der Waals surface area contributed by atoms with Crippen LogP contribution < -0.4 is 5.19 Å². The van der Waals surface area contributed by atoms with Crippen LogP contribution in [0.25, 0.3) is 0 Å². The van der Waals surface area contributed by atoms with Gasteiger partial charge in [0, 0.05) is 22.7 Å². The van der Waals surface area contributed by atoms with Crippen molar-refractivity contribution in [3.8, 4) is 0 Å². The molecule has 0 aliphatic heterocycles. The summed E-state index contributed by atoms with van der Waals surface area (Å²) in [7, 11) is -2.98. The maximum Gasteiger partial charge on any atom is 0.538 e. The molecule has 120 valence electrons. The molecule has 1 rings (SSSR count). The predicted octanol–water partition coefficient (Wildman–Crippen LogP) is 3.87. The van der Waals surface area contributed by atoms with Crippen LogP contribution in [0.5, 0.6) is 0 Å². The molecular weight excluding hydrogens is 348 g/mol. The molecule has 0 fully saturated rings. The predicted molar refractivity (Wildman–Crippen MR) is 93.2 cm³/mol. The molecule has 0 N–H and O–H groups in total. The van der Waals surface area contributed by atoms with Crippen molar-refractivity contribution in [1.29, 1.82) is 0 Å². The molecular formula is C16H27BrO3Si. The second kappa shape index (κ2) is 7.88. The van der Waals surface area contributed by atoms with E-state index in [1.165, 1.54) is 0 Å². The van der Waals surface area contributed by atoms with E-state index in [-0.39, 0.29) is 17.8 Å². The number of hydrogen-bond donors (Lipinski definition) is 0. The van der Waals surface area contributed by atoms with E-state index in [9.17, 15) is 0 Å². The molecule has 1 aromatic carbocycles. The Morgan fingerprint density at radius 3 is 1.86 bits per heavy atom. The smallest absolute Gasteiger partial charge is 0.367 e. The summed E-state index contributed by atoms with van der Waals surface area (Å²) in [6.45, 7) is 12.1. The van der Waals surface area contributed by atoms with Crippen LogP contribution >= 0.6 is 15.9 Å². The average molecular weight is 375 g/mol. The molecule has 0 radical (unpaired) electrons. The van der Waals surface area contributed by atoms with Crippen molar-refractivity contribution in [3.63, 3.8) is 0 Å². The van der Waals surface area contributed by atoms with Gasteiger partial charge in [-0.3, -0.25) is 0 Å². The van der Waals surface area contributed by atoms with E-state index in [2.05, 4.69) is 15.9 Å². The van der Waals surface area contributed by atoms with E-state index < -0.39 is 8.80 Å². The van der Waals surface area contributed by atoms with Crippen molar-refractivity contribution in [2.75, 3.05) is 5.33 Å². The summed E-state index contributed by atoms with van der Waals surface area (Å²) in [5.74, 6) is 0. The lowest BCUT2D eigenvalue weighted by molar-refractivity contribution is -0.0166. The van der Waals surface area contributed by atoms with Crippen LogP contribution in [-0.4, -0.2) is 31.9 Å². The Labute approximate surface area is 138 Å². The number of rotatable bonds is 8. The summed E-state index contributed by atoms with van der Waals surface area (Å²) in [6, 6.07) is 10.0. The first-order valence-electron chi connectivity index (χ1n) is 7.38. The molecule has 0 unspecified atom stereocenters. The minimum Gasteiger partial charge on any atom is -0.367 e. The zero-order valence-corrected chi connectivity index (χ0v) is 16.4. The fraction of sp³-hybridized carbons (Fsp3) is 0.625. The van der Waals surface area contributed by atoms with Crippen molar-refractivity contribution in [1.82, 2.24) is 0 Å². The summed E-state index contributed by atoms with van der Waals surface area (Å²) < 4.78 is 18.9. The van der Waals surface area contributed by atoms with Gasteiger partial charge in [-0.1, -0.05) is 46.3 Å². The third-order valence-corrected chi connectivity index (χ3v) is 7.42. The standard InChI is InChI=1S/C16H27BrO3Si/c1-13(2)18-21(19-14(3)4,20-16(5,6)12-17)15-10-8-7-9-11-15/h7-11,13-14H,12H2,1-6H3. The molecule has 0 aliphatic rings. The number of hydrogen-bond acceptors (Lipinski definition) is 3. The van der Waals surface area contributed by atoms with Crippen molar-refractivity contribution in [3.05, 3.63) is 30.3 Å². The topological polar surface area (TPSA) is 27.7 Å². The van der Waals surface area contributed by atoms with Gasteiger partial charge < -0.3 is 13.3 Å². The summed E-state index contributed by atoms with van der Waals surface area (Å²) in [4.78, 5) is 0. The molecule has 0 heterocycles. The average Bonchev–Trinajstić information content (AvgIpc) is 2.37. The van der Waals surface area contributed by atoms with Crippen molar-refractivity contribution in [2.45, 2.75) is 59.4 Å². The first-order valence-corrected chi connectivity index (χ1v) is 10.2. The number of halogens is 1. The molecule has 0 atom stereocenters. The van der Waals surface area contributed by atoms with Crippen LogP contribution in [0.1, 0.15) is 41.5 Å². The monoisotopic (exact) mass is 374 g/mol. The molecule has 0 spiro atoms. The van der Waals surface area contributed by atoms with Gasteiger partial charge >= 0.3 is 8.80 Å². The molecule has 3 nitrogen and oxygen atoms in total. The minimum absolute atomic E-state index is 0.0294. The molecule has 0 bridgehead atoms. The lowest BCUT2D eigenvalue weighted by Crippen LogP contribution is -2.62. The summed E-state index contributed by atoms with van der Waals surface area (Å²) >= 11 is 3.51. The van der Waals surface area contributed by atoms with Crippen LogP contribution in [0.2, 0.25) is 0 Å². The minimum atomic E-state index is -2.98. The quantitative estimate of drug-likeness (QED) is 0.510. The van der Waals surface area contributed by atoms with Gasteiger partial charge in [-0.05, 0) is 41.5 Å². The third kappa shape index (κ3) is 5.83. The van der Waals surface area contributed by atoms with Gasteiger partial charge in [-0.2, -0.15) is 0 Å². The van der Waals surface area contributed by atoms with Gasteiger partial charge in [0.2, 0.25) is 0 Å². The molecule has 0 aliphatic carbocycles. The van der Waals surface area contributed by atoms with Crippen LogP contribution in [0, 0.1) is 0 Å². The van der Waals surface area contributed by atoms with Gasteiger partial charge in [-0.25, -0.2) is 0 Å². The maximum atomic E-state index is 6.43. The zero-order chi connectivity index (χ0) is 16.1. The first kappa shape index (κ1) is 18.8. The van der Waals surface area contributed by atoms with Gasteiger partial charge in [0.1, 0.15) is 0 Å². The van der Waals surface area contributed by atoms with E-state index in [0.717, 1.165) is 5.19 Å². The van der Waals surface area contributed by atoms with Crippen LogP contribution in [0.15, 0.2) is 30.3 Å². The highest BCUT2D eigenvalue weighted by molar-refractivity contribution is 9.09.